The first-order valence-electron chi connectivity index (χ1n) is 8.01. The summed E-state index contributed by atoms with van der Waals surface area (Å²) >= 11 is 0. The van der Waals surface area contributed by atoms with Gasteiger partial charge in [0.15, 0.2) is 11.6 Å². The molecular weight excluding hydrogens is 311 g/mol. The predicted octanol–water partition coefficient (Wildman–Crippen LogP) is 2.66. The van der Waals surface area contributed by atoms with Crippen molar-refractivity contribution in [2.75, 3.05) is 0 Å². The van der Waals surface area contributed by atoms with E-state index >= 15 is 0 Å². The van der Waals surface area contributed by atoms with Gasteiger partial charge < -0.3 is 15.4 Å². The zero-order chi connectivity index (χ0) is 17.1. The van der Waals surface area contributed by atoms with Crippen LogP contribution in [0, 0.1) is 5.82 Å². The molecule has 1 aromatic carbocycles. The van der Waals surface area contributed by atoms with Gasteiger partial charge in [0.2, 0.25) is 0 Å². The number of aromatic nitrogens is 2. The molecule has 1 aromatic heterocycles. The van der Waals surface area contributed by atoms with E-state index in [9.17, 15) is 9.18 Å². The molecule has 1 aliphatic rings. The maximum absolute atomic E-state index is 14.3. The molecule has 3 rings (SSSR count). The summed E-state index contributed by atoms with van der Waals surface area (Å²) in [7, 11) is 1.82. The molecule has 0 spiro atoms. The first kappa shape index (κ1) is 16.3. The number of amides is 2. The van der Waals surface area contributed by atoms with Crippen molar-refractivity contribution in [2.45, 2.75) is 38.5 Å². The van der Waals surface area contributed by atoms with Gasteiger partial charge in [0.25, 0.3) is 0 Å². The first-order chi connectivity index (χ1) is 11.5. The molecule has 7 heteroatoms. The molecule has 24 heavy (non-hydrogen) atoms. The molecule has 1 heterocycles. The molecule has 1 unspecified atom stereocenters. The first-order valence-corrected chi connectivity index (χ1v) is 8.01. The van der Waals surface area contributed by atoms with Gasteiger partial charge >= 0.3 is 6.03 Å². The van der Waals surface area contributed by atoms with E-state index in [0.29, 0.717) is 5.56 Å². The minimum absolute atomic E-state index is 0.0917. The molecule has 1 saturated carbocycles. The van der Waals surface area contributed by atoms with Crippen LogP contribution < -0.4 is 15.4 Å². The summed E-state index contributed by atoms with van der Waals surface area (Å²) in [5, 5.41) is 9.68. The second kappa shape index (κ2) is 6.90. The molecule has 6 nitrogen and oxygen atoms in total. The molecule has 1 fully saturated rings. The van der Waals surface area contributed by atoms with Gasteiger partial charge in [-0.25, -0.2) is 9.18 Å². The van der Waals surface area contributed by atoms with Crippen LogP contribution in [0.1, 0.15) is 37.1 Å². The molecule has 0 bridgehead atoms. The Labute approximate surface area is 140 Å². The van der Waals surface area contributed by atoms with Crippen LogP contribution in [0.2, 0.25) is 0 Å². The highest BCUT2D eigenvalue weighted by Crippen LogP contribution is 2.29. The van der Waals surface area contributed by atoms with Crippen LogP contribution in [0.25, 0.3) is 0 Å². The third-order valence-corrected chi connectivity index (χ3v) is 3.83. The average Bonchev–Trinajstić information content (AvgIpc) is 3.26. The van der Waals surface area contributed by atoms with E-state index in [1.807, 2.05) is 26.2 Å². The van der Waals surface area contributed by atoms with Crippen molar-refractivity contribution in [2.24, 2.45) is 7.05 Å². The van der Waals surface area contributed by atoms with Crippen LogP contribution >= 0.6 is 0 Å². The highest BCUT2D eigenvalue weighted by Gasteiger charge is 2.25. The van der Waals surface area contributed by atoms with E-state index in [2.05, 4.69) is 15.7 Å². The van der Waals surface area contributed by atoms with Crippen molar-refractivity contribution >= 4 is 6.03 Å². The summed E-state index contributed by atoms with van der Waals surface area (Å²) in [5.41, 5.74) is 1.16. The highest BCUT2D eigenvalue weighted by atomic mass is 19.1. The molecule has 0 saturated heterocycles. The Balaban J connectivity index is 1.54. The molecule has 2 N–H and O–H groups in total. The second-order valence-corrected chi connectivity index (χ2v) is 6.01. The lowest BCUT2D eigenvalue weighted by atomic mass is 10.2. The summed E-state index contributed by atoms with van der Waals surface area (Å²) < 4.78 is 21.5. The summed E-state index contributed by atoms with van der Waals surface area (Å²) in [4.78, 5) is 12.0. The van der Waals surface area contributed by atoms with Crippen molar-refractivity contribution in [1.29, 1.82) is 0 Å². The lowest BCUT2D eigenvalue weighted by Crippen LogP contribution is -2.37. The van der Waals surface area contributed by atoms with Gasteiger partial charge in [0.1, 0.15) is 0 Å². The van der Waals surface area contributed by atoms with Crippen molar-refractivity contribution in [3.63, 3.8) is 0 Å². The van der Waals surface area contributed by atoms with Crippen molar-refractivity contribution in [1.82, 2.24) is 20.4 Å². The van der Waals surface area contributed by atoms with Crippen LogP contribution in [0.5, 0.6) is 5.75 Å². The third-order valence-electron chi connectivity index (χ3n) is 3.83. The number of rotatable bonds is 6. The predicted molar refractivity (Wildman–Crippen MR) is 87.0 cm³/mol. The van der Waals surface area contributed by atoms with Crippen molar-refractivity contribution in [3.05, 3.63) is 47.5 Å². The van der Waals surface area contributed by atoms with Crippen LogP contribution in [-0.4, -0.2) is 21.9 Å². The molecule has 2 amide bonds. The Morgan fingerprint density at radius 2 is 2.25 bits per heavy atom. The number of carbonyl (C=O) groups is 1. The fourth-order valence-electron chi connectivity index (χ4n) is 2.31. The second-order valence-electron chi connectivity index (χ2n) is 6.01. The fraction of sp³-hybridized carbons (Fsp3) is 0.412. The SMILES string of the molecule is CC(NC(=O)NCc1cccc(OC2CC2)c1F)c1ccn(C)n1. The number of carbonyl (C=O) groups excluding carboxylic acids is 1. The van der Waals surface area contributed by atoms with Crippen molar-refractivity contribution < 1.29 is 13.9 Å². The number of hydrogen-bond donors (Lipinski definition) is 2. The van der Waals surface area contributed by atoms with Crippen LogP contribution in [0.4, 0.5) is 9.18 Å². The summed E-state index contributed by atoms with van der Waals surface area (Å²) in [6, 6.07) is 6.20. The number of aryl methyl sites for hydroxylation is 1. The molecule has 0 aliphatic heterocycles. The molecule has 1 aliphatic carbocycles. The number of urea groups is 1. The summed E-state index contributed by atoms with van der Waals surface area (Å²) in [6.45, 7) is 1.93. The van der Waals surface area contributed by atoms with Gasteiger partial charge in [-0.3, -0.25) is 4.68 Å². The number of hydrogen-bond acceptors (Lipinski definition) is 3. The molecular formula is C17H21FN4O2. The summed E-state index contributed by atoms with van der Waals surface area (Å²) in [5.74, 6) is -0.165. The molecule has 128 valence electrons. The van der Waals surface area contributed by atoms with E-state index in [1.165, 1.54) is 0 Å². The Bertz CT molecular complexity index is 727. The standard InChI is InChI=1S/C17H21FN4O2/c1-11(14-8-9-22(2)21-14)20-17(23)19-10-12-4-3-5-15(16(12)18)24-13-6-7-13/h3-5,8-9,11,13H,6-7,10H2,1-2H3,(H2,19,20,23). The monoisotopic (exact) mass is 332 g/mol. The van der Waals surface area contributed by atoms with Crippen LogP contribution in [0.15, 0.2) is 30.5 Å². The lowest BCUT2D eigenvalue weighted by molar-refractivity contribution is 0.237. The van der Waals surface area contributed by atoms with Gasteiger partial charge in [-0.1, -0.05) is 12.1 Å². The Kier molecular flexibility index (Phi) is 4.69. The van der Waals surface area contributed by atoms with Gasteiger partial charge in [0.05, 0.1) is 17.8 Å². The van der Waals surface area contributed by atoms with Gasteiger partial charge in [-0.05, 0) is 31.9 Å². The fourth-order valence-corrected chi connectivity index (χ4v) is 2.31. The van der Waals surface area contributed by atoms with E-state index < -0.39 is 5.82 Å². The topological polar surface area (TPSA) is 68.2 Å². The largest absolute Gasteiger partial charge is 0.487 e. The number of benzene rings is 1. The van der Waals surface area contributed by atoms with E-state index in [4.69, 9.17) is 4.74 Å². The van der Waals surface area contributed by atoms with E-state index in [0.717, 1.165) is 18.5 Å². The van der Waals surface area contributed by atoms with Gasteiger partial charge in [-0.15, -0.1) is 0 Å². The Morgan fingerprint density at radius 3 is 2.92 bits per heavy atom. The van der Waals surface area contributed by atoms with Crippen molar-refractivity contribution in [3.8, 4) is 5.75 Å². The Morgan fingerprint density at radius 1 is 1.46 bits per heavy atom. The zero-order valence-electron chi connectivity index (χ0n) is 13.8. The quantitative estimate of drug-likeness (QED) is 0.854. The van der Waals surface area contributed by atoms with E-state index in [-0.39, 0.29) is 30.5 Å². The van der Waals surface area contributed by atoms with Crippen LogP contribution in [-0.2, 0) is 13.6 Å². The lowest BCUT2D eigenvalue weighted by Gasteiger charge is -2.14. The smallest absolute Gasteiger partial charge is 0.315 e. The summed E-state index contributed by atoms with van der Waals surface area (Å²) in [6.07, 6.45) is 3.88. The average molecular weight is 332 g/mol. The zero-order valence-corrected chi connectivity index (χ0v) is 13.8. The maximum atomic E-state index is 14.3. The molecule has 1 atom stereocenters. The number of ether oxygens (including phenoxy) is 1. The number of nitrogens with one attached hydrogen (secondary N) is 2. The number of nitrogens with zero attached hydrogens (tertiary/aromatic N) is 2. The minimum Gasteiger partial charge on any atom is -0.487 e. The van der Waals surface area contributed by atoms with Gasteiger partial charge in [0, 0.05) is 25.4 Å². The number of halogens is 1. The Hall–Kier alpha value is -2.57. The third kappa shape index (κ3) is 4.04. The van der Waals surface area contributed by atoms with Crippen LogP contribution in [0.3, 0.4) is 0 Å². The molecule has 0 radical (unpaired) electrons. The highest BCUT2D eigenvalue weighted by molar-refractivity contribution is 5.74. The maximum Gasteiger partial charge on any atom is 0.315 e. The minimum atomic E-state index is -0.414. The normalized spacial score (nSPS) is 15.0. The van der Waals surface area contributed by atoms with Gasteiger partial charge in [-0.2, -0.15) is 5.10 Å². The van der Waals surface area contributed by atoms with E-state index in [1.54, 1.807) is 22.9 Å². The molecule has 2 aromatic rings.